The number of Topliss-reactive ketones (excluding diaryl/α,β-unsaturated/α-hetero) is 1. The Bertz CT molecular complexity index is 1040. The second-order valence-electron chi connectivity index (χ2n) is 8.37. The molecule has 7 heteroatoms. The Kier molecular flexibility index (Phi) is 6.74. The van der Waals surface area contributed by atoms with Crippen LogP contribution in [0.2, 0.25) is 0 Å². The van der Waals surface area contributed by atoms with E-state index in [2.05, 4.69) is 5.32 Å². The van der Waals surface area contributed by atoms with E-state index >= 15 is 0 Å². The number of thioether (sulfide) groups is 1. The summed E-state index contributed by atoms with van der Waals surface area (Å²) in [6, 6.07) is 14.8. The van der Waals surface area contributed by atoms with Gasteiger partial charge in [-0.15, -0.1) is 0 Å². The van der Waals surface area contributed by atoms with Crippen LogP contribution in [0.3, 0.4) is 0 Å². The highest BCUT2D eigenvalue weighted by Crippen LogP contribution is 2.37. The maximum absolute atomic E-state index is 13.3. The molecule has 32 heavy (non-hydrogen) atoms. The van der Waals surface area contributed by atoms with Crippen molar-refractivity contribution in [3.63, 3.8) is 0 Å². The summed E-state index contributed by atoms with van der Waals surface area (Å²) in [5.74, 6) is -0.285. The molecule has 1 N–H and O–H groups in total. The third-order valence-electron chi connectivity index (χ3n) is 5.86. The van der Waals surface area contributed by atoms with E-state index in [-0.39, 0.29) is 30.1 Å². The summed E-state index contributed by atoms with van der Waals surface area (Å²) in [5, 5.41) is 3.04. The van der Waals surface area contributed by atoms with Gasteiger partial charge < -0.3 is 5.32 Å². The van der Waals surface area contributed by atoms with Gasteiger partial charge in [-0.1, -0.05) is 42.3 Å². The topological polar surface area (TPSA) is 78.8 Å². The SMILES string of the molecule is CC(=O)c1ccc(NC(=O)CC2SC(=Nc3ccc(C)cc3)N(C3CCCC3)C2=O)cc1. The van der Waals surface area contributed by atoms with Gasteiger partial charge in [-0.2, -0.15) is 0 Å². The summed E-state index contributed by atoms with van der Waals surface area (Å²) in [6.07, 6.45) is 4.24. The zero-order chi connectivity index (χ0) is 22.7. The number of benzene rings is 2. The van der Waals surface area contributed by atoms with Crippen molar-refractivity contribution >= 4 is 45.9 Å². The highest BCUT2D eigenvalue weighted by Gasteiger charge is 2.43. The lowest BCUT2D eigenvalue weighted by molar-refractivity contribution is -0.129. The minimum Gasteiger partial charge on any atom is -0.326 e. The van der Waals surface area contributed by atoms with Gasteiger partial charge in [-0.25, -0.2) is 4.99 Å². The van der Waals surface area contributed by atoms with Crippen LogP contribution in [0.1, 0.15) is 54.9 Å². The Balaban J connectivity index is 1.48. The number of ketones is 1. The van der Waals surface area contributed by atoms with Crippen molar-refractivity contribution in [1.82, 2.24) is 4.90 Å². The van der Waals surface area contributed by atoms with Gasteiger partial charge in [0.15, 0.2) is 11.0 Å². The third-order valence-corrected chi connectivity index (χ3v) is 7.01. The maximum atomic E-state index is 13.3. The van der Waals surface area contributed by atoms with E-state index in [0.717, 1.165) is 36.9 Å². The first kappa shape index (κ1) is 22.3. The summed E-state index contributed by atoms with van der Waals surface area (Å²) in [4.78, 5) is 43.9. The first-order valence-electron chi connectivity index (χ1n) is 11.0. The molecule has 1 saturated heterocycles. The molecule has 1 aliphatic carbocycles. The fourth-order valence-electron chi connectivity index (χ4n) is 4.09. The average molecular weight is 450 g/mol. The molecule has 1 aliphatic heterocycles. The van der Waals surface area contributed by atoms with Crippen molar-refractivity contribution in [2.75, 3.05) is 5.32 Å². The molecule has 2 fully saturated rings. The first-order chi connectivity index (χ1) is 15.4. The number of amidine groups is 1. The van der Waals surface area contributed by atoms with E-state index in [1.807, 2.05) is 36.1 Å². The molecular weight excluding hydrogens is 422 g/mol. The van der Waals surface area contributed by atoms with Crippen LogP contribution < -0.4 is 5.32 Å². The van der Waals surface area contributed by atoms with Gasteiger partial charge in [0.2, 0.25) is 11.8 Å². The number of aryl methyl sites for hydroxylation is 1. The van der Waals surface area contributed by atoms with Crippen LogP contribution in [0.15, 0.2) is 53.5 Å². The molecule has 2 aromatic carbocycles. The fraction of sp³-hybridized carbons (Fsp3) is 0.360. The number of amides is 2. The number of hydrogen-bond acceptors (Lipinski definition) is 5. The number of anilines is 1. The second-order valence-corrected chi connectivity index (χ2v) is 9.54. The predicted octanol–water partition coefficient (Wildman–Crippen LogP) is 5.10. The molecule has 0 radical (unpaired) electrons. The van der Waals surface area contributed by atoms with Crippen LogP contribution >= 0.6 is 11.8 Å². The molecule has 6 nitrogen and oxygen atoms in total. The Morgan fingerprint density at radius 1 is 1.06 bits per heavy atom. The second kappa shape index (κ2) is 9.69. The van der Waals surface area contributed by atoms with Crippen LogP contribution in [-0.4, -0.2) is 39.0 Å². The summed E-state index contributed by atoms with van der Waals surface area (Å²) in [6.45, 7) is 3.53. The van der Waals surface area contributed by atoms with Gasteiger partial charge >= 0.3 is 0 Å². The quantitative estimate of drug-likeness (QED) is 0.622. The number of nitrogens with one attached hydrogen (secondary N) is 1. The van der Waals surface area contributed by atoms with E-state index in [9.17, 15) is 14.4 Å². The molecule has 0 aromatic heterocycles. The van der Waals surface area contributed by atoms with E-state index in [1.54, 1.807) is 24.3 Å². The van der Waals surface area contributed by atoms with Crippen molar-refractivity contribution in [1.29, 1.82) is 0 Å². The van der Waals surface area contributed by atoms with Crippen molar-refractivity contribution < 1.29 is 14.4 Å². The molecule has 2 amide bonds. The highest BCUT2D eigenvalue weighted by molar-refractivity contribution is 8.15. The largest absolute Gasteiger partial charge is 0.326 e. The lowest BCUT2D eigenvalue weighted by Gasteiger charge is -2.23. The molecule has 4 rings (SSSR count). The lowest BCUT2D eigenvalue weighted by atomic mass is 10.1. The molecule has 2 aromatic rings. The first-order valence-corrected chi connectivity index (χ1v) is 11.8. The zero-order valence-corrected chi connectivity index (χ0v) is 19.2. The van der Waals surface area contributed by atoms with Gasteiger partial charge in [0, 0.05) is 23.7 Å². The minimum absolute atomic E-state index is 0.0248. The molecule has 1 heterocycles. The summed E-state index contributed by atoms with van der Waals surface area (Å²) < 4.78 is 0. The van der Waals surface area contributed by atoms with E-state index in [1.165, 1.54) is 18.7 Å². The number of carbonyl (C=O) groups is 3. The minimum atomic E-state index is -0.490. The molecule has 0 spiro atoms. The van der Waals surface area contributed by atoms with Gasteiger partial charge in [0.25, 0.3) is 0 Å². The fourth-order valence-corrected chi connectivity index (χ4v) is 5.30. The van der Waals surface area contributed by atoms with Crippen LogP contribution in [0.25, 0.3) is 0 Å². The molecule has 166 valence electrons. The van der Waals surface area contributed by atoms with Gasteiger partial charge in [0.1, 0.15) is 5.25 Å². The Morgan fingerprint density at radius 3 is 2.34 bits per heavy atom. The highest BCUT2D eigenvalue weighted by atomic mass is 32.2. The Labute approximate surface area is 192 Å². The molecule has 1 unspecified atom stereocenters. The number of nitrogens with zero attached hydrogens (tertiary/aromatic N) is 2. The van der Waals surface area contributed by atoms with Crippen molar-refractivity contribution in [2.45, 2.75) is 57.2 Å². The molecule has 0 bridgehead atoms. The molecule has 1 saturated carbocycles. The number of aliphatic imine (C=N–C) groups is 1. The van der Waals surface area contributed by atoms with Gasteiger partial charge in [-0.3, -0.25) is 19.3 Å². The third kappa shape index (κ3) is 5.10. The number of carbonyl (C=O) groups excluding carboxylic acids is 3. The van der Waals surface area contributed by atoms with E-state index in [0.29, 0.717) is 16.4 Å². The molecular formula is C25H27N3O3S. The predicted molar refractivity (Wildman–Crippen MR) is 128 cm³/mol. The van der Waals surface area contributed by atoms with Crippen molar-refractivity contribution in [3.05, 3.63) is 59.7 Å². The standard InChI is InChI=1S/C25H27N3O3S/c1-16-7-11-20(12-8-16)27-25-28(21-5-3-4-6-21)24(31)22(32-25)15-23(30)26-19-13-9-18(10-14-19)17(2)29/h7-14,21-22H,3-6,15H2,1-2H3,(H,26,30). The Hall–Kier alpha value is -2.93. The van der Waals surface area contributed by atoms with Crippen LogP contribution in [0.4, 0.5) is 11.4 Å². The van der Waals surface area contributed by atoms with Crippen molar-refractivity contribution in [2.24, 2.45) is 4.99 Å². The summed E-state index contributed by atoms with van der Waals surface area (Å²) in [7, 11) is 0. The normalized spacial score (nSPS) is 20.2. The number of hydrogen-bond donors (Lipinski definition) is 1. The molecule has 2 aliphatic rings. The molecule has 1 atom stereocenters. The maximum Gasteiger partial charge on any atom is 0.242 e. The zero-order valence-electron chi connectivity index (χ0n) is 18.3. The monoisotopic (exact) mass is 449 g/mol. The van der Waals surface area contributed by atoms with Crippen molar-refractivity contribution in [3.8, 4) is 0 Å². The van der Waals surface area contributed by atoms with Crippen LogP contribution in [0, 0.1) is 6.92 Å². The average Bonchev–Trinajstić information content (AvgIpc) is 3.38. The van der Waals surface area contributed by atoms with E-state index < -0.39 is 5.25 Å². The smallest absolute Gasteiger partial charge is 0.242 e. The van der Waals surface area contributed by atoms with Crippen LogP contribution in [0.5, 0.6) is 0 Å². The number of rotatable bonds is 6. The summed E-state index contributed by atoms with van der Waals surface area (Å²) in [5.41, 5.74) is 3.16. The van der Waals surface area contributed by atoms with Gasteiger partial charge in [0.05, 0.1) is 5.69 Å². The van der Waals surface area contributed by atoms with E-state index in [4.69, 9.17) is 4.99 Å². The summed E-state index contributed by atoms with van der Waals surface area (Å²) >= 11 is 1.38. The van der Waals surface area contributed by atoms with Crippen LogP contribution in [-0.2, 0) is 9.59 Å². The van der Waals surface area contributed by atoms with Gasteiger partial charge in [-0.05, 0) is 63.1 Å². The Morgan fingerprint density at radius 2 is 1.72 bits per heavy atom. The lowest BCUT2D eigenvalue weighted by Crippen LogP contribution is -2.40.